The predicted molar refractivity (Wildman–Crippen MR) is 53.3 cm³/mol. The normalized spacial score (nSPS) is 10.1. The van der Waals surface area contributed by atoms with Crippen molar-refractivity contribution in [2.45, 2.75) is 0 Å². The molecule has 0 aliphatic rings. The van der Waals surface area contributed by atoms with Gasteiger partial charge in [0.05, 0.1) is 13.1 Å². The highest BCUT2D eigenvalue weighted by molar-refractivity contribution is 6.15. The molecule has 0 spiro atoms. The van der Waals surface area contributed by atoms with E-state index in [1.165, 1.54) is 0 Å². The van der Waals surface area contributed by atoms with Crippen molar-refractivity contribution in [3.8, 4) is 0 Å². The van der Waals surface area contributed by atoms with Gasteiger partial charge in [-0.05, 0) is 0 Å². The summed E-state index contributed by atoms with van der Waals surface area (Å²) >= 11 is 0. The molecule has 16 heavy (non-hydrogen) atoms. The van der Waals surface area contributed by atoms with Gasteiger partial charge >= 0.3 is 0 Å². The minimum absolute atomic E-state index is 0.263. The van der Waals surface area contributed by atoms with Crippen molar-refractivity contribution in [3.63, 3.8) is 0 Å². The van der Waals surface area contributed by atoms with E-state index in [0.29, 0.717) is 6.08 Å². The van der Waals surface area contributed by atoms with Crippen LogP contribution >= 0.6 is 0 Å². The Morgan fingerprint density at radius 1 is 0.938 bits per heavy atom. The molecule has 0 aromatic rings. The molecule has 0 rings (SSSR count). The molecular formula is C8H12N4O4. The van der Waals surface area contributed by atoms with E-state index in [2.05, 4.69) is 0 Å². The van der Waals surface area contributed by atoms with Gasteiger partial charge < -0.3 is 17.2 Å². The summed E-state index contributed by atoms with van der Waals surface area (Å²) in [4.78, 5) is 44.2. The molecule has 0 aromatic heterocycles. The van der Waals surface area contributed by atoms with Crippen molar-refractivity contribution in [3.05, 3.63) is 12.2 Å². The molecule has 4 amide bonds. The second-order valence-corrected chi connectivity index (χ2v) is 2.61. The zero-order valence-electron chi connectivity index (χ0n) is 8.38. The summed E-state index contributed by atoms with van der Waals surface area (Å²) in [6.45, 7) is -1.05. The smallest absolute Gasteiger partial charge is 0.260 e. The molecule has 0 saturated carbocycles. The molecule has 0 aliphatic heterocycles. The lowest BCUT2D eigenvalue weighted by molar-refractivity contribution is -0.150. The molecule has 0 atom stereocenters. The molecule has 8 heteroatoms. The summed E-state index contributed by atoms with van der Waals surface area (Å²) in [6, 6.07) is 0. The van der Waals surface area contributed by atoms with Crippen molar-refractivity contribution >= 4 is 23.6 Å². The van der Waals surface area contributed by atoms with E-state index in [4.69, 9.17) is 17.2 Å². The van der Waals surface area contributed by atoms with Crippen LogP contribution in [0.2, 0.25) is 0 Å². The molecule has 0 unspecified atom stereocenters. The van der Waals surface area contributed by atoms with Gasteiger partial charge in [-0.3, -0.25) is 19.2 Å². The third-order valence-electron chi connectivity index (χ3n) is 1.46. The van der Waals surface area contributed by atoms with E-state index in [1.807, 2.05) is 0 Å². The van der Waals surface area contributed by atoms with Crippen molar-refractivity contribution in [2.24, 2.45) is 17.2 Å². The maximum absolute atomic E-state index is 11.3. The van der Waals surface area contributed by atoms with Gasteiger partial charge in [0.1, 0.15) is 0 Å². The first-order chi connectivity index (χ1) is 7.43. The fourth-order valence-electron chi connectivity index (χ4n) is 0.795. The first-order valence-corrected chi connectivity index (χ1v) is 4.21. The predicted octanol–water partition coefficient (Wildman–Crippen LogP) is -3.17. The topological polar surface area (TPSA) is 150 Å². The molecule has 6 N–H and O–H groups in total. The van der Waals surface area contributed by atoms with Crippen molar-refractivity contribution in [2.75, 3.05) is 13.1 Å². The SMILES string of the molecule is NCC(=O)N(C(=O)C=CC(N)=O)C(=O)CN. The zero-order valence-corrected chi connectivity index (χ0v) is 8.38. The van der Waals surface area contributed by atoms with E-state index in [1.54, 1.807) is 0 Å². The third-order valence-corrected chi connectivity index (χ3v) is 1.46. The second-order valence-electron chi connectivity index (χ2n) is 2.61. The molecule has 88 valence electrons. The molecule has 0 aromatic carbocycles. The van der Waals surface area contributed by atoms with E-state index in [9.17, 15) is 19.2 Å². The second kappa shape index (κ2) is 6.43. The summed E-state index contributed by atoms with van der Waals surface area (Å²) < 4.78 is 0. The Balaban J connectivity index is 4.90. The Morgan fingerprint density at radius 2 is 1.38 bits per heavy atom. The minimum atomic E-state index is -1.01. The lowest BCUT2D eigenvalue weighted by Crippen LogP contribution is -2.46. The van der Waals surface area contributed by atoms with Gasteiger partial charge in [-0.25, -0.2) is 4.90 Å². The van der Waals surface area contributed by atoms with Crippen LogP contribution in [0.15, 0.2) is 12.2 Å². The fraction of sp³-hybridized carbons (Fsp3) is 0.250. The molecule has 0 radical (unpaired) electrons. The van der Waals surface area contributed by atoms with Gasteiger partial charge in [0.25, 0.3) is 5.91 Å². The van der Waals surface area contributed by atoms with Crippen molar-refractivity contribution in [1.29, 1.82) is 0 Å². The highest BCUT2D eigenvalue weighted by Crippen LogP contribution is 1.93. The van der Waals surface area contributed by atoms with Crippen LogP contribution in [0.3, 0.4) is 0 Å². The van der Waals surface area contributed by atoms with Gasteiger partial charge in [-0.15, -0.1) is 0 Å². The van der Waals surface area contributed by atoms with Crippen LogP contribution in [0.4, 0.5) is 0 Å². The molecular weight excluding hydrogens is 216 g/mol. The number of hydrogen-bond acceptors (Lipinski definition) is 6. The Labute approximate surface area is 91.0 Å². The number of carbonyl (C=O) groups is 4. The Kier molecular flexibility index (Phi) is 5.60. The largest absolute Gasteiger partial charge is 0.366 e. The Morgan fingerprint density at radius 3 is 1.69 bits per heavy atom. The molecule has 0 saturated heterocycles. The Bertz CT molecular complexity index is 334. The number of imide groups is 3. The first-order valence-electron chi connectivity index (χ1n) is 4.21. The number of primary amides is 1. The standard InChI is InChI=1S/C8H12N4O4/c9-3-7(15)12(8(16)4-10)6(14)2-1-5(11)13/h1-2H,3-4,9-10H2,(H2,11,13). The highest BCUT2D eigenvalue weighted by atomic mass is 16.2. The van der Waals surface area contributed by atoms with Gasteiger partial charge in [0.2, 0.25) is 17.7 Å². The van der Waals surface area contributed by atoms with Gasteiger partial charge in [0.15, 0.2) is 0 Å². The van der Waals surface area contributed by atoms with Crippen LogP contribution in [-0.2, 0) is 19.2 Å². The van der Waals surface area contributed by atoms with Crippen LogP contribution in [0, 0.1) is 0 Å². The molecule has 0 aliphatic carbocycles. The van der Waals surface area contributed by atoms with E-state index >= 15 is 0 Å². The number of hydrogen-bond donors (Lipinski definition) is 3. The molecule has 0 bridgehead atoms. The highest BCUT2D eigenvalue weighted by Gasteiger charge is 2.24. The van der Waals surface area contributed by atoms with Crippen molar-refractivity contribution < 1.29 is 19.2 Å². The van der Waals surface area contributed by atoms with Crippen LogP contribution in [0.1, 0.15) is 0 Å². The van der Waals surface area contributed by atoms with Crippen LogP contribution in [0.5, 0.6) is 0 Å². The minimum Gasteiger partial charge on any atom is -0.366 e. The summed E-state index contributed by atoms with van der Waals surface area (Å²) in [7, 11) is 0. The van der Waals surface area contributed by atoms with Gasteiger partial charge in [0, 0.05) is 12.2 Å². The van der Waals surface area contributed by atoms with E-state index in [0.717, 1.165) is 6.08 Å². The van der Waals surface area contributed by atoms with Crippen LogP contribution in [0.25, 0.3) is 0 Å². The first kappa shape index (κ1) is 13.9. The fourth-order valence-corrected chi connectivity index (χ4v) is 0.795. The summed E-state index contributed by atoms with van der Waals surface area (Å²) in [5, 5.41) is 0. The number of nitrogens with two attached hydrogens (primary N) is 3. The summed E-state index contributed by atoms with van der Waals surface area (Å²) in [6.07, 6.45) is 1.42. The molecule has 8 nitrogen and oxygen atoms in total. The maximum atomic E-state index is 11.3. The summed E-state index contributed by atoms with van der Waals surface area (Å²) in [5.41, 5.74) is 14.8. The Hall–Kier alpha value is -2.06. The van der Waals surface area contributed by atoms with E-state index in [-0.39, 0.29) is 4.90 Å². The number of carbonyl (C=O) groups excluding carboxylic acids is 4. The number of rotatable bonds is 4. The quantitative estimate of drug-likeness (QED) is 0.432. The number of nitrogens with zero attached hydrogens (tertiary/aromatic N) is 1. The van der Waals surface area contributed by atoms with Crippen LogP contribution < -0.4 is 17.2 Å². The molecule has 0 heterocycles. The van der Waals surface area contributed by atoms with E-state index < -0.39 is 36.7 Å². The van der Waals surface area contributed by atoms with Gasteiger partial charge in [-0.1, -0.05) is 0 Å². The third kappa shape index (κ3) is 3.98. The lowest BCUT2D eigenvalue weighted by Gasteiger charge is -2.15. The number of amides is 4. The average molecular weight is 228 g/mol. The monoisotopic (exact) mass is 228 g/mol. The van der Waals surface area contributed by atoms with Crippen LogP contribution in [-0.4, -0.2) is 41.6 Å². The maximum Gasteiger partial charge on any atom is 0.260 e. The van der Waals surface area contributed by atoms with Gasteiger partial charge in [-0.2, -0.15) is 0 Å². The average Bonchev–Trinajstić information content (AvgIpc) is 2.25. The summed E-state index contributed by atoms with van der Waals surface area (Å²) in [5.74, 6) is -3.71. The molecule has 0 fully saturated rings. The lowest BCUT2D eigenvalue weighted by atomic mass is 10.3. The van der Waals surface area contributed by atoms with Crippen molar-refractivity contribution in [1.82, 2.24) is 4.90 Å². The zero-order chi connectivity index (χ0) is 12.7.